The number of hydrogen-bond donors (Lipinski definition) is 0. The second-order valence-corrected chi connectivity index (χ2v) is 7.14. The Bertz CT molecular complexity index is 557. The fourth-order valence-corrected chi connectivity index (χ4v) is 3.21. The topological polar surface area (TPSA) is 71.1 Å². The van der Waals surface area contributed by atoms with Crippen LogP contribution < -0.4 is 0 Å². The first-order valence-electron chi connectivity index (χ1n) is 9.98. The molecule has 0 heterocycles. The highest BCUT2D eigenvalue weighted by Crippen LogP contribution is 2.19. The number of carbonyl (C=O) groups is 2. The molecule has 0 N–H and O–H groups in total. The molecule has 1 aromatic rings. The van der Waals surface area contributed by atoms with Gasteiger partial charge in [-0.3, -0.25) is 4.89 Å². The van der Waals surface area contributed by atoms with Gasteiger partial charge in [-0.15, -0.1) is 0 Å². The molecule has 6 nitrogen and oxygen atoms in total. The van der Waals surface area contributed by atoms with Crippen molar-refractivity contribution >= 4 is 12.1 Å². The van der Waals surface area contributed by atoms with Gasteiger partial charge in [0.15, 0.2) is 0 Å². The van der Waals surface area contributed by atoms with Crippen molar-refractivity contribution in [1.29, 1.82) is 0 Å². The van der Waals surface area contributed by atoms with Crippen LogP contribution in [0.25, 0.3) is 0 Å². The largest absolute Gasteiger partial charge is 0.543 e. The predicted molar refractivity (Wildman–Crippen MR) is 99.8 cm³/mol. The van der Waals surface area contributed by atoms with Crippen molar-refractivity contribution in [2.75, 3.05) is 0 Å². The zero-order chi connectivity index (χ0) is 19.3. The van der Waals surface area contributed by atoms with Gasteiger partial charge in [0.05, 0.1) is 10.6 Å². The summed E-state index contributed by atoms with van der Waals surface area (Å²) in [6.45, 7) is 1.91. The zero-order valence-electron chi connectivity index (χ0n) is 16.1. The van der Waals surface area contributed by atoms with Crippen LogP contribution in [0.3, 0.4) is 0 Å². The SMILES string of the molecule is Cc1ccc(C(=O)OOOC(=O)OC2CCCCCCCCCCC2)cc1. The molecule has 0 atom stereocenters. The average Bonchev–Trinajstić information content (AvgIpc) is 2.64. The molecule has 0 unspecified atom stereocenters. The summed E-state index contributed by atoms with van der Waals surface area (Å²) >= 11 is 0. The first-order valence-corrected chi connectivity index (χ1v) is 9.98. The highest BCUT2D eigenvalue weighted by Gasteiger charge is 2.18. The summed E-state index contributed by atoms with van der Waals surface area (Å²) in [6, 6.07) is 6.75. The van der Waals surface area contributed by atoms with Crippen LogP contribution in [0, 0.1) is 6.92 Å². The maximum Gasteiger partial charge on any atom is 0.543 e. The number of aryl methyl sites for hydroxylation is 1. The second-order valence-electron chi connectivity index (χ2n) is 7.14. The van der Waals surface area contributed by atoms with Crippen LogP contribution in [0.2, 0.25) is 0 Å². The monoisotopic (exact) mass is 378 g/mol. The maximum absolute atomic E-state index is 11.8. The predicted octanol–water partition coefficient (Wildman–Crippen LogP) is 5.82. The lowest BCUT2D eigenvalue weighted by Crippen LogP contribution is -2.20. The minimum Gasteiger partial charge on any atom is -0.429 e. The van der Waals surface area contributed by atoms with Gasteiger partial charge >= 0.3 is 12.1 Å². The molecule has 0 radical (unpaired) electrons. The number of rotatable bonds is 4. The molecule has 6 heteroatoms. The van der Waals surface area contributed by atoms with Gasteiger partial charge in [0.25, 0.3) is 0 Å². The van der Waals surface area contributed by atoms with Crippen molar-refractivity contribution in [1.82, 2.24) is 0 Å². The van der Waals surface area contributed by atoms with Crippen molar-refractivity contribution < 1.29 is 29.1 Å². The summed E-state index contributed by atoms with van der Waals surface area (Å²) in [4.78, 5) is 32.5. The Morgan fingerprint density at radius 1 is 0.778 bits per heavy atom. The fraction of sp³-hybridized carbons (Fsp3) is 0.619. The number of hydrogen-bond acceptors (Lipinski definition) is 6. The molecule has 1 aliphatic rings. The quantitative estimate of drug-likeness (QED) is 0.373. The Morgan fingerprint density at radius 3 is 1.85 bits per heavy atom. The maximum atomic E-state index is 11.8. The molecular formula is C21H30O6. The summed E-state index contributed by atoms with van der Waals surface area (Å²) in [7, 11) is 0. The number of benzene rings is 1. The van der Waals surface area contributed by atoms with E-state index >= 15 is 0 Å². The highest BCUT2D eigenvalue weighted by atomic mass is 17.5. The van der Waals surface area contributed by atoms with Crippen LogP contribution in [-0.4, -0.2) is 18.2 Å². The fourth-order valence-electron chi connectivity index (χ4n) is 3.21. The highest BCUT2D eigenvalue weighted by molar-refractivity contribution is 5.88. The van der Waals surface area contributed by atoms with Crippen LogP contribution in [0.15, 0.2) is 24.3 Å². The van der Waals surface area contributed by atoms with Crippen molar-refractivity contribution in [2.24, 2.45) is 0 Å². The van der Waals surface area contributed by atoms with E-state index in [1.165, 1.54) is 32.1 Å². The second kappa shape index (κ2) is 12.3. The van der Waals surface area contributed by atoms with E-state index in [-0.39, 0.29) is 6.10 Å². The normalized spacial score (nSPS) is 17.2. The molecule has 2 rings (SSSR count). The third kappa shape index (κ3) is 8.91. The van der Waals surface area contributed by atoms with Gasteiger partial charge in [0.2, 0.25) is 0 Å². The Balaban J connectivity index is 1.68. The van der Waals surface area contributed by atoms with Crippen molar-refractivity contribution in [2.45, 2.75) is 83.7 Å². The lowest BCUT2D eigenvalue weighted by molar-refractivity contribution is -0.453. The molecule has 0 aromatic heterocycles. The molecule has 0 amide bonds. The van der Waals surface area contributed by atoms with Gasteiger partial charge in [-0.25, -0.2) is 14.5 Å². The lowest BCUT2D eigenvalue weighted by atomic mass is 9.99. The minimum atomic E-state index is -0.983. The van der Waals surface area contributed by atoms with Crippen LogP contribution in [0.4, 0.5) is 4.79 Å². The Morgan fingerprint density at radius 2 is 1.30 bits per heavy atom. The Labute approximate surface area is 161 Å². The van der Waals surface area contributed by atoms with E-state index < -0.39 is 12.1 Å². The number of carbonyl (C=O) groups excluding carboxylic acids is 2. The molecular weight excluding hydrogens is 348 g/mol. The standard InChI is InChI=1S/C21H30O6/c1-17-13-15-18(16-14-17)20(22)25-27-26-21(23)24-19-11-9-7-5-3-2-4-6-8-10-12-19/h13-16,19H,2-12H2,1H3. The molecule has 0 bridgehead atoms. The number of ether oxygens (including phenoxy) is 1. The summed E-state index contributed by atoms with van der Waals surface area (Å²) < 4.78 is 5.32. The van der Waals surface area contributed by atoms with Gasteiger partial charge in [-0.1, -0.05) is 62.6 Å². The van der Waals surface area contributed by atoms with Crippen molar-refractivity contribution in [3.63, 3.8) is 0 Å². The molecule has 1 aliphatic carbocycles. The van der Waals surface area contributed by atoms with Gasteiger partial charge < -0.3 is 4.74 Å². The van der Waals surface area contributed by atoms with E-state index in [1.54, 1.807) is 24.3 Å². The van der Waals surface area contributed by atoms with E-state index in [4.69, 9.17) is 4.74 Å². The lowest BCUT2D eigenvalue weighted by Gasteiger charge is -2.17. The van der Waals surface area contributed by atoms with Crippen molar-refractivity contribution in [3.05, 3.63) is 35.4 Å². The first-order chi connectivity index (χ1) is 13.1. The van der Waals surface area contributed by atoms with E-state index in [0.717, 1.165) is 44.1 Å². The van der Waals surface area contributed by atoms with Gasteiger partial charge in [0, 0.05) is 0 Å². The smallest absolute Gasteiger partial charge is 0.429 e. The van der Waals surface area contributed by atoms with Crippen molar-refractivity contribution in [3.8, 4) is 0 Å². The third-order valence-electron chi connectivity index (χ3n) is 4.81. The minimum absolute atomic E-state index is 0.187. The molecule has 1 aromatic carbocycles. The Hall–Kier alpha value is -2.08. The molecule has 1 fully saturated rings. The summed E-state index contributed by atoms with van der Waals surface area (Å²) in [5, 5.41) is 4.30. The van der Waals surface area contributed by atoms with Gasteiger partial charge in [-0.05, 0) is 44.7 Å². The summed E-state index contributed by atoms with van der Waals surface area (Å²) in [5.41, 5.74) is 1.32. The molecule has 0 saturated heterocycles. The van der Waals surface area contributed by atoms with E-state index in [9.17, 15) is 9.59 Å². The van der Waals surface area contributed by atoms with E-state index in [1.807, 2.05) is 6.92 Å². The molecule has 0 spiro atoms. The van der Waals surface area contributed by atoms with E-state index in [0.29, 0.717) is 5.56 Å². The average molecular weight is 378 g/mol. The third-order valence-corrected chi connectivity index (χ3v) is 4.81. The summed E-state index contributed by atoms with van der Waals surface area (Å²) in [5.74, 6) is -0.742. The van der Waals surface area contributed by atoms with Crippen LogP contribution in [-0.2, 0) is 19.6 Å². The molecule has 1 saturated carbocycles. The molecule has 150 valence electrons. The van der Waals surface area contributed by atoms with Gasteiger partial charge in [0.1, 0.15) is 6.10 Å². The summed E-state index contributed by atoms with van der Waals surface area (Å²) in [6.07, 6.45) is 11.2. The Kier molecular flexibility index (Phi) is 9.69. The van der Waals surface area contributed by atoms with Gasteiger partial charge in [-0.2, -0.15) is 0 Å². The van der Waals surface area contributed by atoms with Crippen LogP contribution in [0.1, 0.15) is 86.6 Å². The van der Waals surface area contributed by atoms with E-state index in [2.05, 4.69) is 14.8 Å². The first kappa shape index (κ1) is 21.2. The van der Waals surface area contributed by atoms with Crippen LogP contribution in [0.5, 0.6) is 0 Å². The zero-order valence-corrected chi connectivity index (χ0v) is 16.1. The van der Waals surface area contributed by atoms with Crippen LogP contribution >= 0.6 is 0 Å². The molecule has 27 heavy (non-hydrogen) atoms. The molecule has 0 aliphatic heterocycles.